The fraction of sp³-hybridized carbons (Fsp3) is 0.538. The van der Waals surface area contributed by atoms with Gasteiger partial charge in [-0.3, -0.25) is 9.78 Å². The van der Waals surface area contributed by atoms with Gasteiger partial charge in [0.05, 0.1) is 5.92 Å². The van der Waals surface area contributed by atoms with E-state index in [4.69, 9.17) is 5.11 Å². The average molecular weight is 313 g/mol. The van der Waals surface area contributed by atoms with Crippen molar-refractivity contribution in [2.75, 3.05) is 19.6 Å². The summed E-state index contributed by atoms with van der Waals surface area (Å²) in [6.45, 7) is 0.643. The average Bonchev–Trinajstić information content (AvgIpc) is 2.48. The summed E-state index contributed by atoms with van der Waals surface area (Å²) in [5, 5.41) is 9.00. The second-order valence-corrected chi connectivity index (χ2v) is 6.76. The molecule has 1 aromatic rings. The molecule has 1 saturated heterocycles. The van der Waals surface area contributed by atoms with Gasteiger partial charge in [0.15, 0.2) is 0 Å². The molecule has 0 aromatic carbocycles. The number of nitrogens with zero attached hydrogens (tertiary/aromatic N) is 2. The van der Waals surface area contributed by atoms with E-state index >= 15 is 0 Å². The molecule has 1 unspecified atom stereocenters. The molecular formula is C13H19N3O4S. The Kier molecular flexibility index (Phi) is 5.27. The van der Waals surface area contributed by atoms with Gasteiger partial charge in [-0.15, -0.1) is 0 Å². The SMILES string of the molecule is O=C(O)C1CCCN(S(=O)(=O)NCCc2ccccn2)C1. The third-order valence-corrected chi connectivity index (χ3v) is 5.05. The minimum Gasteiger partial charge on any atom is -0.481 e. The zero-order chi connectivity index (χ0) is 15.3. The van der Waals surface area contributed by atoms with Gasteiger partial charge in [-0.05, 0) is 25.0 Å². The lowest BCUT2D eigenvalue weighted by Gasteiger charge is -2.29. The van der Waals surface area contributed by atoms with Crippen molar-refractivity contribution >= 4 is 16.2 Å². The van der Waals surface area contributed by atoms with Crippen LogP contribution in [0.15, 0.2) is 24.4 Å². The van der Waals surface area contributed by atoms with Crippen LogP contribution in [0.1, 0.15) is 18.5 Å². The molecule has 2 heterocycles. The zero-order valence-corrected chi connectivity index (χ0v) is 12.4. The third kappa shape index (κ3) is 4.48. The van der Waals surface area contributed by atoms with Crippen LogP contribution in [0, 0.1) is 5.92 Å². The quantitative estimate of drug-likeness (QED) is 0.784. The Morgan fingerprint density at radius 2 is 2.29 bits per heavy atom. The first-order valence-corrected chi connectivity index (χ1v) is 8.30. The van der Waals surface area contributed by atoms with Gasteiger partial charge in [-0.1, -0.05) is 6.07 Å². The third-order valence-electron chi connectivity index (χ3n) is 3.47. The van der Waals surface area contributed by atoms with Gasteiger partial charge < -0.3 is 5.11 Å². The Morgan fingerprint density at radius 3 is 2.95 bits per heavy atom. The Hall–Kier alpha value is -1.51. The van der Waals surface area contributed by atoms with Crippen LogP contribution >= 0.6 is 0 Å². The van der Waals surface area contributed by atoms with Crippen LogP contribution in [-0.4, -0.2) is 48.4 Å². The highest BCUT2D eigenvalue weighted by Gasteiger charge is 2.31. The molecule has 0 saturated carbocycles. The van der Waals surface area contributed by atoms with E-state index in [0.717, 1.165) is 5.69 Å². The van der Waals surface area contributed by atoms with Gasteiger partial charge >= 0.3 is 5.97 Å². The number of pyridine rings is 1. The Morgan fingerprint density at radius 1 is 1.48 bits per heavy atom. The lowest BCUT2D eigenvalue weighted by Crippen LogP contribution is -2.47. The maximum atomic E-state index is 12.1. The summed E-state index contributed by atoms with van der Waals surface area (Å²) in [4.78, 5) is 15.1. The number of aromatic nitrogens is 1. The van der Waals surface area contributed by atoms with Crippen LogP contribution in [-0.2, 0) is 21.4 Å². The molecule has 2 N–H and O–H groups in total. The van der Waals surface area contributed by atoms with E-state index < -0.39 is 22.1 Å². The van der Waals surface area contributed by atoms with Gasteiger partial charge in [0, 0.05) is 37.9 Å². The minimum absolute atomic E-state index is 0.0360. The van der Waals surface area contributed by atoms with E-state index in [1.54, 1.807) is 12.3 Å². The standard InChI is InChI=1S/C13H19N3O4S/c17-13(18)11-4-3-9-16(10-11)21(19,20)15-8-6-12-5-1-2-7-14-12/h1-2,5,7,11,15H,3-4,6,8-10H2,(H,17,18). The Bertz CT molecular complexity index is 576. The van der Waals surface area contributed by atoms with Crippen LogP contribution in [0.4, 0.5) is 0 Å². The van der Waals surface area contributed by atoms with E-state index in [2.05, 4.69) is 9.71 Å². The molecule has 7 nitrogen and oxygen atoms in total. The zero-order valence-electron chi connectivity index (χ0n) is 11.6. The highest BCUT2D eigenvalue weighted by Crippen LogP contribution is 2.18. The molecule has 2 rings (SSSR count). The Labute approximate surface area is 124 Å². The van der Waals surface area contributed by atoms with Crippen molar-refractivity contribution in [3.63, 3.8) is 0 Å². The fourth-order valence-corrected chi connectivity index (χ4v) is 3.60. The first-order valence-electron chi connectivity index (χ1n) is 6.86. The molecule has 1 atom stereocenters. The highest BCUT2D eigenvalue weighted by atomic mass is 32.2. The van der Waals surface area contributed by atoms with Crippen molar-refractivity contribution in [3.05, 3.63) is 30.1 Å². The topological polar surface area (TPSA) is 99.6 Å². The van der Waals surface area contributed by atoms with Crippen molar-refractivity contribution in [1.29, 1.82) is 0 Å². The summed E-state index contributed by atoms with van der Waals surface area (Å²) in [5.74, 6) is -1.56. The summed E-state index contributed by atoms with van der Waals surface area (Å²) >= 11 is 0. The summed E-state index contributed by atoms with van der Waals surface area (Å²) < 4.78 is 28.0. The predicted octanol–water partition coefficient (Wildman–Crippen LogP) is 0.255. The molecule has 21 heavy (non-hydrogen) atoms. The van der Waals surface area contributed by atoms with Crippen molar-refractivity contribution in [2.45, 2.75) is 19.3 Å². The van der Waals surface area contributed by atoms with Gasteiger partial charge in [0.25, 0.3) is 10.2 Å². The van der Waals surface area contributed by atoms with E-state index in [0.29, 0.717) is 25.8 Å². The van der Waals surface area contributed by atoms with E-state index in [9.17, 15) is 13.2 Å². The molecule has 1 aliphatic rings. The number of nitrogens with one attached hydrogen (secondary N) is 1. The van der Waals surface area contributed by atoms with E-state index in [-0.39, 0.29) is 13.1 Å². The smallest absolute Gasteiger partial charge is 0.307 e. The lowest BCUT2D eigenvalue weighted by atomic mass is 10.0. The number of aliphatic carboxylic acids is 1. The molecule has 1 aliphatic heterocycles. The Balaban J connectivity index is 1.88. The summed E-state index contributed by atoms with van der Waals surface area (Å²) in [5.41, 5.74) is 0.808. The van der Waals surface area contributed by atoms with Crippen molar-refractivity contribution in [3.8, 4) is 0 Å². The molecule has 1 aromatic heterocycles. The van der Waals surface area contributed by atoms with Crippen LogP contribution < -0.4 is 4.72 Å². The first kappa shape index (κ1) is 15.9. The maximum Gasteiger partial charge on any atom is 0.307 e. The summed E-state index contributed by atoms with van der Waals surface area (Å²) in [6, 6.07) is 5.47. The molecule has 0 bridgehead atoms. The molecule has 0 aliphatic carbocycles. The van der Waals surface area contributed by atoms with Gasteiger partial charge in [-0.25, -0.2) is 4.72 Å². The number of piperidine rings is 1. The normalized spacial score (nSPS) is 20.3. The molecular weight excluding hydrogens is 294 g/mol. The number of hydrogen-bond donors (Lipinski definition) is 2. The monoisotopic (exact) mass is 313 g/mol. The van der Waals surface area contributed by atoms with Gasteiger partial charge in [0.2, 0.25) is 0 Å². The number of hydrogen-bond acceptors (Lipinski definition) is 4. The number of rotatable bonds is 6. The fourth-order valence-electron chi connectivity index (χ4n) is 2.31. The van der Waals surface area contributed by atoms with Gasteiger partial charge in [-0.2, -0.15) is 12.7 Å². The largest absolute Gasteiger partial charge is 0.481 e. The van der Waals surface area contributed by atoms with Crippen molar-refractivity contribution < 1.29 is 18.3 Å². The van der Waals surface area contributed by atoms with E-state index in [1.807, 2.05) is 12.1 Å². The minimum atomic E-state index is -3.63. The predicted molar refractivity (Wildman–Crippen MR) is 76.8 cm³/mol. The molecule has 8 heteroatoms. The van der Waals surface area contributed by atoms with Crippen LogP contribution in [0.2, 0.25) is 0 Å². The summed E-state index contributed by atoms with van der Waals surface area (Å²) in [7, 11) is -3.63. The van der Waals surface area contributed by atoms with Crippen LogP contribution in [0.5, 0.6) is 0 Å². The molecule has 1 fully saturated rings. The van der Waals surface area contributed by atoms with Crippen molar-refractivity contribution in [2.24, 2.45) is 5.92 Å². The first-order chi connectivity index (χ1) is 9.99. The maximum absolute atomic E-state index is 12.1. The number of carboxylic acid groups (broad SMARTS) is 1. The molecule has 0 radical (unpaired) electrons. The number of carboxylic acids is 1. The van der Waals surface area contributed by atoms with E-state index in [1.165, 1.54) is 4.31 Å². The van der Waals surface area contributed by atoms with Gasteiger partial charge in [0.1, 0.15) is 0 Å². The van der Waals surface area contributed by atoms with Crippen LogP contribution in [0.3, 0.4) is 0 Å². The summed E-state index contributed by atoms with van der Waals surface area (Å²) in [6.07, 6.45) is 3.25. The molecule has 0 amide bonds. The second kappa shape index (κ2) is 6.97. The number of carbonyl (C=O) groups is 1. The van der Waals surface area contributed by atoms with Crippen molar-refractivity contribution in [1.82, 2.24) is 14.0 Å². The van der Waals surface area contributed by atoms with Crippen LogP contribution in [0.25, 0.3) is 0 Å². The molecule has 116 valence electrons. The molecule has 0 spiro atoms. The lowest BCUT2D eigenvalue weighted by molar-refractivity contribution is -0.142. The second-order valence-electron chi connectivity index (χ2n) is 5.01. The highest BCUT2D eigenvalue weighted by molar-refractivity contribution is 7.87.